The van der Waals surface area contributed by atoms with E-state index in [4.69, 9.17) is 0 Å². The summed E-state index contributed by atoms with van der Waals surface area (Å²) < 4.78 is 27.3. The Morgan fingerprint density at radius 1 is 1.36 bits per heavy atom. The lowest BCUT2D eigenvalue weighted by Gasteiger charge is -2.16. The summed E-state index contributed by atoms with van der Waals surface area (Å²) in [6.45, 7) is 5.23. The molecule has 0 radical (unpaired) electrons. The first-order chi connectivity index (χ1) is 13.1. The van der Waals surface area contributed by atoms with Crippen molar-refractivity contribution in [3.05, 3.63) is 29.0 Å². The van der Waals surface area contributed by atoms with E-state index in [0.717, 1.165) is 24.2 Å². The Balaban J connectivity index is 1.78. The lowest BCUT2D eigenvalue weighted by molar-refractivity contribution is 0.0694. The van der Waals surface area contributed by atoms with Crippen molar-refractivity contribution in [1.82, 2.24) is 15.3 Å². The van der Waals surface area contributed by atoms with Gasteiger partial charge in [0.05, 0.1) is 10.5 Å². The van der Waals surface area contributed by atoms with E-state index < -0.39 is 17.9 Å². The van der Waals surface area contributed by atoms with Gasteiger partial charge in [0.1, 0.15) is 5.82 Å². The fourth-order valence-corrected chi connectivity index (χ4v) is 3.62. The van der Waals surface area contributed by atoms with Crippen LogP contribution in [0.25, 0.3) is 10.4 Å². The number of nitrogens with one attached hydrogen (secondary N) is 2. The minimum Gasteiger partial charge on any atom is -0.389 e. The number of carbonyl (C=O) groups is 1. The number of rotatable bonds is 8. The number of alkyl halides is 2. The number of hydrogen-bond acceptors (Lipinski definition) is 6. The van der Waals surface area contributed by atoms with Gasteiger partial charge in [0, 0.05) is 36.1 Å². The van der Waals surface area contributed by atoms with Crippen LogP contribution in [0.1, 0.15) is 55.4 Å². The maximum atomic E-state index is 13.6. The molecule has 9 heteroatoms. The summed E-state index contributed by atoms with van der Waals surface area (Å²) in [6, 6.07) is 1.56. The van der Waals surface area contributed by atoms with Crippen LogP contribution in [0.2, 0.25) is 0 Å². The summed E-state index contributed by atoms with van der Waals surface area (Å²) in [5, 5.41) is 15.6. The van der Waals surface area contributed by atoms with Crippen LogP contribution in [-0.4, -0.2) is 39.2 Å². The fraction of sp³-hybridized carbons (Fsp3) is 0.526. The molecule has 2 aromatic rings. The molecule has 3 N–H and O–H groups in total. The zero-order valence-electron chi connectivity index (χ0n) is 16.0. The van der Waals surface area contributed by atoms with Crippen LogP contribution in [0.4, 0.5) is 14.6 Å². The molecule has 0 spiro atoms. The van der Waals surface area contributed by atoms with E-state index in [1.54, 1.807) is 13.8 Å². The number of aliphatic hydroxyl groups is 1. The number of anilines is 1. The number of pyridine rings is 1. The van der Waals surface area contributed by atoms with Gasteiger partial charge in [-0.3, -0.25) is 4.79 Å². The van der Waals surface area contributed by atoms with E-state index >= 15 is 0 Å². The van der Waals surface area contributed by atoms with E-state index in [1.807, 2.05) is 6.92 Å². The lowest BCUT2D eigenvalue weighted by Crippen LogP contribution is -2.38. The van der Waals surface area contributed by atoms with E-state index in [2.05, 4.69) is 20.6 Å². The fourth-order valence-electron chi connectivity index (χ4n) is 2.76. The number of aromatic nitrogens is 2. The van der Waals surface area contributed by atoms with Crippen LogP contribution in [0, 0.1) is 5.92 Å². The summed E-state index contributed by atoms with van der Waals surface area (Å²) >= 11 is 1.01. The smallest absolute Gasteiger partial charge is 0.280 e. The molecule has 1 amide bonds. The summed E-state index contributed by atoms with van der Waals surface area (Å²) in [7, 11) is 0. The lowest BCUT2D eigenvalue weighted by atomic mass is 10.1. The highest BCUT2D eigenvalue weighted by atomic mass is 32.1. The first-order valence-electron chi connectivity index (χ1n) is 9.15. The second kappa shape index (κ2) is 8.08. The van der Waals surface area contributed by atoms with Gasteiger partial charge >= 0.3 is 0 Å². The minimum absolute atomic E-state index is 0.0597. The molecule has 1 aliphatic rings. The molecule has 3 rings (SSSR count). The molecule has 0 aromatic carbocycles. The summed E-state index contributed by atoms with van der Waals surface area (Å²) in [6.07, 6.45) is 2.41. The summed E-state index contributed by atoms with van der Waals surface area (Å²) in [5.74, 6) is 0.538. The Bertz CT molecular complexity index is 847. The van der Waals surface area contributed by atoms with Gasteiger partial charge in [-0.05, 0) is 45.6 Å². The molecule has 2 heterocycles. The standard InChI is InChI=1S/C19H24F2N4O2S/c1-10(11-4-5-11)25-15-6-12(16(20)21)13(7-22-15)14-8-23-18(28-14)17(26)24-9-19(2,3)27/h6-8,10-11,16,27H,4-5,9H2,1-3H3,(H,22,25)(H,24,26)/t10-/m0/s1. The number of amides is 1. The molecular formula is C19H24F2N4O2S. The van der Waals surface area contributed by atoms with E-state index in [-0.39, 0.29) is 28.7 Å². The molecule has 1 atom stereocenters. The number of carbonyl (C=O) groups excluding carboxylic acids is 1. The molecule has 0 saturated heterocycles. The molecule has 6 nitrogen and oxygen atoms in total. The van der Waals surface area contributed by atoms with Gasteiger partial charge in [-0.2, -0.15) is 0 Å². The topological polar surface area (TPSA) is 87.1 Å². The molecule has 1 saturated carbocycles. The molecule has 28 heavy (non-hydrogen) atoms. The van der Waals surface area contributed by atoms with Crippen LogP contribution in [0.5, 0.6) is 0 Å². The zero-order chi connectivity index (χ0) is 20.5. The number of hydrogen-bond donors (Lipinski definition) is 3. The van der Waals surface area contributed by atoms with Crippen LogP contribution in [0.15, 0.2) is 18.5 Å². The van der Waals surface area contributed by atoms with Crippen molar-refractivity contribution in [2.24, 2.45) is 5.92 Å². The quantitative estimate of drug-likeness (QED) is 0.615. The van der Waals surface area contributed by atoms with Crippen molar-refractivity contribution in [2.45, 2.75) is 51.7 Å². The van der Waals surface area contributed by atoms with Crippen molar-refractivity contribution in [2.75, 3.05) is 11.9 Å². The second-order valence-electron chi connectivity index (χ2n) is 7.75. The van der Waals surface area contributed by atoms with Gasteiger partial charge < -0.3 is 15.7 Å². The monoisotopic (exact) mass is 410 g/mol. The molecule has 2 aromatic heterocycles. The summed E-state index contributed by atoms with van der Waals surface area (Å²) in [4.78, 5) is 20.9. The maximum Gasteiger partial charge on any atom is 0.280 e. The largest absolute Gasteiger partial charge is 0.389 e. The highest BCUT2D eigenvalue weighted by Gasteiger charge is 2.28. The third-order valence-corrected chi connectivity index (χ3v) is 5.55. The molecule has 1 aliphatic carbocycles. The SMILES string of the molecule is C[C@H](Nc1cc(C(F)F)c(-c2cnc(C(=O)NCC(C)(C)O)s2)cn1)C1CC1. The normalized spacial score (nSPS) is 15.5. The first kappa shape index (κ1) is 20.6. The minimum atomic E-state index is -2.68. The van der Waals surface area contributed by atoms with E-state index in [9.17, 15) is 18.7 Å². The molecule has 0 unspecified atom stereocenters. The Morgan fingerprint density at radius 3 is 2.68 bits per heavy atom. The predicted octanol–water partition coefficient (Wildman–Crippen LogP) is 3.85. The van der Waals surface area contributed by atoms with Crippen LogP contribution < -0.4 is 10.6 Å². The van der Waals surface area contributed by atoms with Crippen molar-refractivity contribution < 1.29 is 18.7 Å². The zero-order valence-corrected chi connectivity index (χ0v) is 16.8. The second-order valence-corrected chi connectivity index (χ2v) is 8.78. The third-order valence-electron chi connectivity index (χ3n) is 4.52. The average Bonchev–Trinajstić information content (AvgIpc) is 3.36. The van der Waals surface area contributed by atoms with Crippen LogP contribution in [0.3, 0.4) is 0 Å². The Kier molecular flexibility index (Phi) is 5.95. The van der Waals surface area contributed by atoms with Gasteiger partial charge in [-0.25, -0.2) is 18.7 Å². The first-order valence-corrected chi connectivity index (χ1v) is 9.97. The Morgan fingerprint density at radius 2 is 2.07 bits per heavy atom. The van der Waals surface area contributed by atoms with Crippen LogP contribution in [-0.2, 0) is 0 Å². The number of halogens is 2. The predicted molar refractivity (Wildman–Crippen MR) is 105 cm³/mol. The van der Waals surface area contributed by atoms with Crippen molar-refractivity contribution >= 4 is 23.1 Å². The van der Waals surface area contributed by atoms with Gasteiger partial charge in [-0.15, -0.1) is 11.3 Å². The Hall–Kier alpha value is -2.13. The molecule has 0 bridgehead atoms. The number of nitrogens with zero attached hydrogens (tertiary/aromatic N) is 2. The summed E-state index contributed by atoms with van der Waals surface area (Å²) in [5.41, 5.74) is -0.936. The van der Waals surface area contributed by atoms with Crippen molar-refractivity contribution in [1.29, 1.82) is 0 Å². The highest BCUT2D eigenvalue weighted by molar-refractivity contribution is 7.17. The van der Waals surface area contributed by atoms with E-state index in [0.29, 0.717) is 16.6 Å². The molecule has 1 fully saturated rings. The van der Waals surface area contributed by atoms with Crippen molar-refractivity contribution in [3.8, 4) is 10.4 Å². The third kappa shape index (κ3) is 5.23. The van der Waals surface area contributed by atoms with Gasteiger partial charge in [0.15, 0.2) is 5.01 Å². The maximum absolute atomic E-state index is 13.6. The Labute approximate surface area is 166 Å². The number of thiazole rings is 1. The van der Waals surface area contributed by atoms with Gasteiger partial charge in [0.25, 0.3) is 12.3 Å². The van der Waals surface area contributed by atoms with Gasteiger partial charge in [-0.1, -0.05) is 0 Å². The van der Waals surface area contributed by atoms with E-state index in [1.165, 1.54) is 18.5 Å². The molecular weight excluding hydrogens is 386 g/mol. The average molecular weight is 410 g/mol. The molecule has 152 valence electrons. The van der Waals surface area contributed by atoms with Gasteiger partial charge in [0.2, 0.25) is 0 Å². The molecule has 0 aliphatic heterocycles. The highest BCUT2D eigenvalue weighted by Crippen LogP contribution is 2.37. The van der Waals surface area contributed by atoms with Crippen molar-refractivity contribution in [3.63, 3.8) is 0 Å². The van der Waals surface area contributed by atoms with Crippen LogP contribution >= 0.6 is 11.3 Å².